The highest BCUT2D eigenvalue weighted by molar-refractivity contribution is 5.69. The van der Waals surface area contributed by atoms with E-state index in [1.807, 2.05) is 17.9 Å². The van der Waals surface area contributed by atoms with E-state index >= 15 is 0 Å². The monoisotopic (exact) mass is 264 g/mol. The maximum Gasteiger partial charge on any atom is 0.306 e. The van der Waals surface area contributed by atoms with Gasteiger partial charge >= 0.3 is 5.97 Å². The quantitative estimate of drug-likeness (QED) is 0.738. The number of carbonyl (C=O) groups is 1. The van der Waals surface area contributed by atoms with Gasteiger partial charge in [0.15, 0.2) is 0 Å². The fourth-order valence-corrected chi connectivity index (χ4v) is 1.74. The van der Waals surface area contributed by atoms with Gasteiger partial charge in [-0.3, -0.25) is 9.69 Å². The van der Waals surface area contributed by atoms with E-state index < -0.39 is 0 Å². The standard InChI is InChI=1S/C14H17FN2O2/c1-3-17(7-6-14(18)19-2)10-12-8-13(15)5-4-11(12)9-16/h4-5,8H,3,6-7,10H2,1-2H3. The van der Waals surface area contributed by atoms with Crippen molar-refractivity contribution in [1.82, 2.24) is 4.90 Å². The van der Waals surface area contributed by atoms with Crippen molar-refractivity contribution in [2.45, 2.75) is 19.9 Å². The number of methoxy groups -OCH3 is 1. The van der Waals surface area contributed by atoms with Crippen molar-refractivity contribution < 1.29 is 13.9 Å². The van der Waals surface area contributed by atoms with Gasteiger partial charge in [0.05, 0.1) is 25.2 Å². The molecule has 0 heterocycles. The molecule has 0 aliphatic carbocycles. The van der Waals surface area contributed by atoms with Crippen molar-refractivity contribution in [3.8, 4) is 6.07 Å². The summed E-state index contributed by atoms with van der Waals surface area (Å²) in [6.45, 7) is 3.61. The van der Waals surface area contributed by atoms with Crippen LogP contribution >= 0.6 is 0 Å². The molecule has 1 aromatic carbocycles. The van der Waals surface area contributed by atoms with Gasteiger partial charge in [-0.2, -0.15) is 5.26 Å². The second kappa shape index (κ2) is 7.49. The van der Waals surface area contributed by atoms with Gasteiger partial charge in [-0.1, -0.05) is 6.92 Å². The maximum atomic E-state index is 13.2. The summed E-state index contributed by atoms with van der Waals surface area (Å²) < 4.78 is 17.8. The molecule has 0 atom stereocenters. The Morgan fingerprint density at radius 1 is 1.53 bits per heavy atom. The molecule has 0 saturated heterocycles. The van der Waals surface area contributed by atoms with Crippen molar-refractivity contribution in [3.63, 3.8) is 0 Å². The van der Waals surface area contributed by atoms with Crippen LogP contribution in [-0.4, -0.2) is 31.1 Å². The van der Waals surface area contributed by atoms with Crippen LogP contribution in [0.15, 0.2) is 18.2 Å². The number of nitrogens with zero attached hydrogens (tertiary/aromatic N) is 2. The van der Waals surface area contributed by atoms with E-state index in [9.17, 15) is 9.18 Å². The van der Waals surface area contributed by atoms with E-state index in [-0.39, 0.29) is 18.2 Å². The Morgan fingerprint density at radius 2 is 2.26 bits per heavy atom. The van der Waals surface area contributed by atoms with E-state index in [0.717, 1.165) is 0 Å². The van der Waals surface area contributed by atoms with E-state index in [4.69, 9.17) is 5.26 Å². The number of ether oxygens (including phenoxy) is 1. The molecular weight excluding hydrogens is 247 g/mol. The average Bonchev–Trinajstić information content (AvgIpc) is 2.43. The molecule has 0 amide bonds. The van der Waals surface area contributed by atoms with Gasteiger partial charge in [-0.25, -0.2) is 4.39 Å². The highest BCUT2D eigenvalue weighted by Gasteiger charge is 2.11. The van der Waals surface area contributed by atoms with Crippen LogP contribution in [-0.2, 0) is 16.1 Å². The van der Waals surface area contributed by atoms with Gasteiger partial charge in [0.2, 0.25) is 0 Å². The summed E-state index contributed by atoms with van der Waals surface area (Å²) in [4.78, 5) is 13.1. The summed E-state index contributed by atoms with van der Waals surface area (Å²) in [5, 5.41) is 8.99. The summed E-state index contributed by atoms with van der Waals surface area (Å²) in [5.41, 5.74) is 1.09. The Bertz CT molecular complexity index is 483. The van der Waals surface area contributed by atoms with Crippen LogP contribution in [0.5, 0.6) is 0 Å². The van der Waals surface area contributed by atoms with E-state index in [2.05, 4.69) is 4.74 Å². The number of rotatable bonds is 6. The number of carbonyl (C=O) groups excluding carboxylic acids is 1. The number of hydrogen-bond donors (Lipinski definition) is 0. The number of esters is 1. The molecule has 0 bridgehead atoms. The lowest BCUT2D eigenvalue weighted by Crippen LogP contribution is -2.26. The Balaban J connectivity index is 2.73. The molecule has 0 spiro atoms. The molecule has 0 unspecified atom stereocenters. The third kappa shape index (κ3) is 4.68. The molecule has 0 aromatic heterocycles. The summed E-state index contributed by atoms with van der Waals surface area (Å²) in [5.74, 6) is -0.642. The summed E-state index contributed by atoms with van der Waals surface area (Å²) >= 11 is 0. The predicted molar refractivity (Wildman–Crippen MR) is 68.7 cm³/mol. The minimum absolute atomic E-state index is 0.279. The zero-order valence-corrected chi connectivity index (χ0v) is 11.1. The SMILES string of the molecule is CCN(CCC(=O)OC)Cc1cc(F)ccc1C#N. The van der Waals surface area contributed by atoms with Crippen LogP contribution in [0.2, 0.25) is 0 Å². The highest BCUT2D eigenvalue weighted by atomic mass is 19.1. The van der Waals surface area contributed by atoms with Crippen LogP contribution in [0.1, 0.15) is 24.5 Å². The lowest BCUT2D eigenvalue weighted by molar-refractivity contribution is -0.141. The average molecular weight is 264 g/mol. The number of hydrogen-bond acceptors (Lipinski definition) is 4. The third-order valence-electron chi connectivity index (χ3n) is 2.89. The van der Waals surface area contributed by atoms with Gasteiger partial charge in [0.1, 0.15) is 5.82 Å². The molecule has 102 valence electrons. The smallest absolute Gasteiger partial charge is 0.306 e. The molecule has 0 N–H and O–H groups in total. The fourth-order valence-electron chi connectivity index (χ4n) is 1.74. The van der Waals surface area contributed by atoms with Gasteiger partial charge in [0, 0.05) is 13.1 Å². The predicted octanol–water partition coefficient (Wildman–Crippen LogP) is 2.08. The molecular formula is C14H17FN2O2. The van der Waals surface area contributed by atoms with E-state index in [0.29, 0.717) is 30.8 Å². The van der Waals surface area contributed by atoms with Gasteiger partial charge in [-0.15, -0.1) is 0 Å². The summed E-state index contributed by atoms with van der Waals surface area (Å²) in [6.07, 6.45) is 0.279. The Labute approximate surface area is 112 Å². The number of benzene rings is 1. The molecule has 0 saturated carbocycles. The molecule has 19 heavy (non-hydrogen) atoms. The van der Waals surface area contributed by atoms with Gasteiger partial charge < -0.3 is 4.74 Å². The summed E-state index contributed by atoms with van der Waals surface area (Å²) in [7, 11) is 1.35. The fraction of sp³-hybridized carbons (Fsp3) is 0.429. The topological polar surface area (TPSA) is 53.3 Å². The van der Waals surface area contributed by atoms with E-state index in [1.165, 1.54) is 25.3 Å². The molecule has 1 aromatic rings. The molecule has 5 heteroatoms. The minimum atomic E-state index is -0.363. The lowest BCUT2D eigenvalue weighted by Gasteiger charge is -2.20. The number of halogens is 1. The molecule has 0 aliphatic rings. The number of nitriles is 1. The molecule has 0 aliphatic heterocycles. The van der Waals surface area contributed by atoms with Crippen LogP contribution in [0.25, 0.3) is 0 Å². The second-order valence-electron chi connectivity index (χ2n) is 4.11. The summed E-state index contributed by atoms with van der Waals surface area (Å²) in [6, 6.07) is 6.15. The largest absolute Gasteiger partial charge is 0.469 e. The first-order valence-electron chi connectivity index (χ1n) is 6.08. The van der Waals surface area contributed by atoms with Gasteiger partial charge in [0.25, 0.3) is 0 Å². The van der Waals surface area contributed by atoms with Crippen molar-refractivity contribution in [1.29, 1.82) is 5.26 Å². The Hall–Kier alpha value is -1.93. The van der Waals surface area contributed by atoms with Crippen molar-refractivity contribution in [2.75, 3.05) is 20.2 Å². The molecule has 4 nitrogen and oxygen atoms in total. The second-order valence-corrected chi connectivity index (χ2v) is 4.11. The zero-order valence-electron chi connectivity index (χ0n) is 11.1. The van der Waals surface area contributed by atoms with Gasteiger partial charge in [-0.05, 0) is 30.3 Å². The van der Waals surface area contributed by atoms with Crippen molar-refractivity contribution in [2.24, 2.45) is 0 Å². The molecule has 0 fully saturated rings. The van der Waals surface area contributed by atoms with Crippen LogP contribution in [0, 0.1) is 17.1 Å². The minimum Gasteiger partial charge on any atom is -0.469 e. The normalized spacial score (nSPS) is 10.3. The highest BCUT2D eigenvalue weighted by Crippen LogP contribution is 2.13. The first-order valence-corrected chi connectivity index (χ1v) is 6.08. The lowest BCUT2D eigenvalue weighted by atomic mass is 10.1. The van der Waals surface area contributed by atoms with Crippen LogP contribution < -0.4 is 0 Å². The van der Waals surface area contributed by atoms with E-state index in [1.54, 1.807) is 0 Å². The maximum absolute atomic E-state index is 13.2. The Kier molecular flexibility index (Phi) is 5.97. The van der Waals surface area contributed by atoms with Crippen LogP contribution in [0.4, 0.5) is 4.39 Å². The van der Waals surface area contributed by atoms with Crippen molar-refractivity contribution in [3.05, 3.63) is 35.1 Å². The third-order valence-corrected chi connectivity index (χ3v) is 2.89. The van der Waals surface area contributed by atoms with Crippen molar-refractivity contribution >= 4 is 5.97 Å². The molecule has 1 rings (SSSR count). The van der Waals surface area contributed by atoms with Crippen LogP contribution in [0.3, 0.4) is 0 Å². The zero-order chi connectivity index (χ0) is 14.3. The Morgan fingerprint density at radius 3 is 2.84 bits per heavy atom. The molecule has 0 radical (unpaired) electrons. The first-order chi connectivity index (χ1) is 9.10. The first kappa shape index (κ1) is 15.1.